The maximum atomic E-state index is 12.2. The molecule has 0 aliphatic heterocycles. The van der Waals surface area contributed by atoms with Crippen molar-refractivity contribution in [3.05, 3.63) is 0 Å². The van der Waals surface area contributed by atoms with E-state index in [1.807, 2.05) is 0 Å². The van der Waals surface area contributed by atoms with Crippen LogP contribution in [0.15, 0.2) is 0 Å². The Balaban J connectivity index is 2.56. The fraction of sp³-hybridized carbons (Fsp3) is 1.00. The van der Waals surface area contributed by atoms with Crippen LogP contribution in [0, 0.1) is 5.41 Å². The van der Waals surface area contributed by atoms with E-state index in [1.165, 1.54) is 0 Å². The van der Waals surface area contributed by atoms with Crippen molar-refractivity contribution in [3.63, 3.8) is 0 Å². The first-order valence-electron chi connectivity index (χ1n) is 6.07. The summed E-state index contributed by atoms with van der Waals surface area (Å²) in [6, 6.07) is 0.0219. The van der Waals surface area contributed by atoms with Gasteiger partial charge in [0.2, 0.25) is 0 Å². The highest BCUT2D eigenvalue weighted by Crippen LogP contribution is 2.38. The SMILES string of the molecule is CN(CCC(F)(F)F)C1CC(O)CCC1(C)C. The lowest BCUT2D eigenvalue weighted by Crippen LogP contribution is -2.49. The van der Waals surface area contributed by atoms with Crippen LogP contribution in [-0.2, 0) is 0 Å². The highest BCUT2D eigenvalue weighted by molar-refractivity contribution is 4.91. The lowest BCUT2D eigenvalue weighted by atomic mass is 9.71. The van der Waals surface area contributed by atoms with Crippen molar-refractivity contribution >= 4 is 0 Å². The average Bonchev–Trinajstić information content (AvgIpc) is 2.17. The van der Waals surface area contributed by atoms with Gasteiger partial charge in [0.05, 0.1) is 12.5 Å². The van der Waals surface area contributed by atoms with Crippen molar-refractivity contribution in [2.75, 3.05) is 13.6 Å². The van der Waals surface area contributed by atoms with Crippen molar-refractivity contribution in [2.24, 2.45) is 5.41 Å². The molecule has 0 radical (unpaired) electrons. The Hall–Kier alpha value is -0.290. The number of aliphatic hydroxyl groups excluding tert-OH is 1. The van der Waals surface area contributed by atoms with Crippen LogP contribution < -0.4 is 0 Å². The number of halogens is 3. The third-order valence-electron chi connectivity index (χ3n) is 3.80. The second-order valence-corrected chi connectivity index (χ2v) is 5.78. The molecule has 102 valence electrons. The molecule has 0 spiro atoms. The Kier molecular flexibility index (Phi) is 4.47. The minimum Gasteiger partial charge on any atom is -0.393 e. The first-order chi connectivity index (χ1) is 7.62. The molecule has 0 amide bonds. The summed E-state index contributed by atoms with van der Waals surface area (Å²) in [5.74, 6) is 0. The Morgan fingerprint density at radius 1 is 1.35 bits per heavy atom. The Labute approximate surface area is 101 Å². The standard InChI is InChI=1S/C12H22F3NO/c1-11(2)5-4-9(17)8-10(11)16(3)7-6-12(13,14)15/h9-10,17H,4-8H2,1-3H3. The lowest BCUT2D eigenvalue weighted by molar-refractivity contribution is -0.140. The number of rotatable bonds is 3. The van der Waals surface area contributed by atoms with Crippen molar-refractivity contribution < 1.29 is 18.3 Å². The van der Waals surface area contributed by atoms with Gasteiger partial charge in [-0.05, 0) is 31.7 Å². The van der Waals surface area contributed by atoms with Crippen molar-refractivity contribution in [1.82, 2.24) is 4.90 Å². The van der Waals surface area contributed by atoms with Crippen LogP contribution in [0.1, 0.15) is 39.5 Å². The summed E-state index contributed by atoms with van der Waals surface area (Å²) in [5, 5.41) is 9.64. The van der Waals surface area contributed by atoms with E-state index in [-0.39, 0.29) is 24.1 Å². The molecule has 2 unspecified atom stereocenters. The lowest BCUT2D eigenvalue weighted by Gasteiger charge is -2.45. The molecule has 0 bridgehead atoms. The van der Waals surface area contributed by atoms with Crippen LogP contribution in [-0.4, -0.2) is 41.9 Å². The van der Waals surface area contributed by atoms with Gasteiger partial charge < -0.3 is 10.0 Å². The highest BCUT2D eigenvalue weighted by Gasteiger charge is 2.39. The third-order valence-corrected chi connectivity index (χ3v) is 3.80. The molecule has 1 aliphatic carbocycles. The molecule has 0 aromatic heterocycles. The zero-order valence-electron chi connectivity index (χ0n) is 10.7. The smallest absolute Gasteiger partial charge is 0.390 e. The van der Waals surface area contributed by atoms with Crippen LogP contribution in [0.25, 0.3) is 0 Å². The van der Waals surface area contributed by atoms with Gasteiger partial charge in [-0.1, -0.05) is 13.8 Å². The molecule has 2 atom stereocenters. The molecular weight excluding hydrogens is 231 g/mol. The van der Waals surface area contributed by atoms with Gasteiger partial charge >= 0.3 is 6.18 Å². The summed E-state index contributed by atoms with van der Waals surface area (Å²) < 4.78 is 36.5. The largest absolute Gasteiger partial charge is 0.393 e. The number of hydrogen-bond donors (Lipinski definition) is 1. The topological polar surface area (TPSA) is 23.5 Å². The first-order valence-corrected chi connectivity index (χ1v) is 6.07. The molecule has 2 nitrogen and oxygen atoms in total. The molecule has 1 rings (SSSR count). The maximum Gasteiger partial charge on any atom is 0.390 e. The normalized spacial score (nSPS) is 29.6. The van der Waals surface area contributed by atoms with E-state index < -0.39 is 12.6 Å². The molecule has 1 N–H and O–H groups in total. The molecule has 1 saturated carbocycles. The minimum absolute atomic E-state index is 0.00428. The van der Waals surface area contributed by atoms with E-state index >= 15 is 0 Å². The fourth-order valence-electron chi connectivity index (χ4n) is 2.64. The van der Waals surface area contributed by atoms with Crippen LogP contribution in [0.5, 0.6) is 0 Å². The van der Waals surface area contributed by atoms with E-state index in [1.54, 1.807) is 11.9 Å². The van der Waals surface area contributed by atoms with E-state index in [9.17, 15) is 18.3 Å². The second kappa shape index (κ2) is 5.14. The van der Waals surface area contributed by atoms with Gasteiger partial charge in [0, 0.05) is 12.6 Å². The summed E-state index contributed by atoms with van der Waals surface area (Å²) in [4.78, 5) is 1.75. The monoisotopic (exact) mass is 253 g/mol. The summed E-state index contributed by atoms with van der Waals surface area (Å²) >= 11 is 0. The Bertz CT molecular complexity index is 253. The van der Waals surface area contributed by atoms with Crippen molar-refractivity contribution in [2.45, 2.75) is 57.9 Å². The predicted molar refractivity (Wildman–Crippen MR) is 60.7 cm³/mol. The zero-order chi connectivity index (χ0) is 13.3. The van der Waals surface area contributed by atoms with Gasteiger partial charge in [-0.3, -0.25) is 0 Å². The van der Waals surface area contributed by atoms with E-state index in [4.69, 9.17) is 0 Å². The number of alkyl halides is 3. The molecular formula is C12H22F3NO. The van der Waals surface area contributed by atoms with Gasteiger partial charge in [-0.2, -0.15) is 13.2 Å². The number of nitrogens with zero attached hydrogens (tertiary/aromatic N) is 1. The zero-order valence-corrected chi connectivity index (χ0v) is 10.7. The Morgan fingerprint density at radius 3 is 2.47 bits per heavy atom. The summed E-state index contributed by atoms with van der Waals surface area (Å²) in [5.41, 5.74) is -0.0282. The molecule has 5 heteroatoms. The third kappa shape index (κ3) is 4.47. The van der Waals surface area contributed by atoms with E-state index in [0.717, 1.165) is 12.8 Å². The van der Waals surface area contributed by atoms with Crippen LogP contribution >= 0.6 is 0 Å². The summed E-state index contributed by atoms with van der Waals surface area (Å²) in [7, 11) is 1.72. The quantitative estimate of drug-likeness (QED) is 0.836. The summed E-state index contributed by atoms with van der Waals surface area (Å²) in [6.07, 6.45) is -3.09. The molecule has 17 heavy (non-hydrogen) atoms. The molecule has 1 fully saturated rings. The molecule has 0 aromatic rings. The average molecular weight is 253 g/mol. The minimum atomic E-state index is -4.11. The highest BCUT2D eigenvalue weighted by atomic mass is 19.4. The van der Waals surface area contributed by atoms with Crippen molar-refractivity contribution in [3.8, 4) is 0 Å². The number of hydrogen-bond acceptors (Lipinski definition) is 2. The van der Waals surface area contributed by atoms with Crippen LogP contribution in [0.2, 0.25) is 0 Å². The van der Waals surface area contributed by atoms with Gasteiger partial charge in [-0.25, -0.2) is 0 Å². The van der Waals surface area contributed by atoms with Crippen LogP contribution in [0.3, 0.4) is 0 Å². The number of aliphatic hydroxyl groups is 1. The molecule has 1 aliphatic rings. The summed E-state index contributed by atoms with van der Waals surface area (Å²) in [6.45, 7) is 4.13. The van der Waals surface area contributed by atoms with Gasteiger partial charge in [0.15, 0.2) is 0 Å². The van der Waals surface area contributed by atoms with Gasteiger partial charge in [-0.15, -0.1) is 0 Å². The van der Waals surface area contributed by atoms with Crippen molar-refractivity contribution in [1.29, 1.82) is 0 Å². The molecule has 0 aromatic carbocycles. The fourth-order valence-corrected chi connectivity index (χ4v) is 2.64. The van der Waals surface area contributed by atoms with Crippen LogP contribution in [0.4, 0.5) is 13.2 Å². The van der Waals surface area contributed by atoms with Gasteiger partial charge in [0.25, 0.3) is 0 Å². The van der Waals surface area contributed by atoms with E-state index in [2.05, 4.69) is 13.8 Å². The first kappa shape index (κ1) is 14.8. The van der Waals surface area contributed by atoms with Gasteiger partial charge in [0.1, 0.15) is 0 Å². The predicted octanol–water partition coefficient (Wildman–Crippen LogP) is 2.81. The van der Waals surface area contributed by atoms with E-state index in [0.29, 0.717) is 6.42 Å². The molecule has 0 heterocycles. The maximum absolute atomic E-state index is 12.2. The second-order valence-electron chi connectivity index (χ2n) is 5.78. The molecule has 0 saturated heterocycles. The Morgan fingerprint density at radius 2 is 1.94 bits per heavy atom.